The average molecular weight is 566 g/mol. The van der Waals surface area contributed by atoms with Gasteiger partial charge >= 0.3 is 12.2 Å². The smallest absolute Gasteiger partial charge is 0.410 e. The Labute approximate surface area is 235 Å². The lowest BCUT2D eigenvalue weighted by atomic mass is 9.99. The zero-order valence-electron chi connectivity index (χ0n) is 22.1. The molecule has 10 heteroatoms. The first-order chi connectivity index (χ1) is 18.4. The quantitative estimate of drug-likeness (QED) is 0.489. The Bertz CT molecular complexity index is 925. The highest BCUT2D eigenvalue weighted by molar-refractivity contribution is 6.30. The van der Waals surface area contributed by atoms with Gasteiger partial charge in [-0.25, -0.2) is 9.59 Å². The number of carbonyl (C=O) groups excluding carboxylic acids is 2. The van der Waals surface area contributed by atoms with Gasteiger partial charge in [0.1, 0.15) is 0 Å². The van der Waals surface area contributed by atoms with Gasteiger partial charge in [0.05, 0.1) is 26.3 Å². The van der Waals surface area contributed by atoms with Crippen LogP contribution in [-0.4, -0.2) is 75.5 Å². The van der Waals surface area contributed by atoms with Crippen molar-refractivity contribution >= 4 is 35.4 Å². The summed E-state index contributed by atoms with van der Waals surface area (Å²) in [5, 5.41) is 8.03. The van der Waals surface area contributed by atoms with Gasteiger partial charge in [-0.05, 0) is 74.2 Å². The van der Waals surface area contributed by atoms with Crippen molar-refractivity contribution in [1.29, 1.82) is 0 Å². The van der Waals surface area contributed by atoms with E-state index in [1.165, 1.54) is 14.2 Å². The minimum absolute atomic E-state index is 0.0619. The van der Waals surface area contributed by atoms with Crippen molar-refractivity contribution in [2.24, 2.45) is 0 Å². The molecule has 2 aliphatic rings. The van der Waals surface area contributed by atoms with Crippen molar-refractivity contribution in [3.05, 3.63) is 69.7 Å². The second-order valence-corrected chi connectivity index (χ2v) is 10.1. The van der Waals surface area contributed by atoms with Crippen LogP contribution in [0.15, 0.2) is 48.5 Å². The van der Waals surface area contributed by atoms with Crippen molar-refractivity contribution in [2.75, 3.05) is 53.5 Å². The molecule has 0 spiro atoms. The van der Waals surface area contributed by atoms with Crippen molar-refractivity contribution in [3.63, 3.8) is 0 Å². The summed E-state index contributed by atoms with van der Waals surface area (Å²) in [6.45, 7) is 4.86. The summed E-state index contributed by atoms with van der Waals surface area (Å²) in [7, 11) is 2.85. The fourth-order valence-electron chi connectivity index (χ4n) is 4.85. The number of nitrogens with one attached hydrogen (secondary N) is 2. The van der Waals surface area contributed by atoms with Crippen LogP contribution in [0.5, 0.6) is 0 Å². The Kier molecular flexibility index (Phi) is 12.5. The number of ether oxygens (including phenoxy) is 2. The highest BCUT2D eigenvalue weighted by Crippen LogP contribution is 2.29. The van der Waals surface area contributed by atoms with Gasteiger partial charge in [-0.2, -0.15) is 0 Å². The molecule has 208 valence electrons. The molecule has 0 bridgehead atoms. The van der Waals surface area contributed by atoms with Gasteiger partial charge in [0.2, 0.25) is 0 Å². The van der Waals surface area contributed by atoms with E-state index in [0.29, 0.717) is 23.1 Å². The average Bonchev–Trinajstić information content (AvgIpc) is 2.90. The molecule has 2 heterocycles. The second kappa shape index (κ2) is 15.8. The molecule has 2 aliphatic heterocycles. The lowest BCUT2D eigenvalue weighted by molar-refractivity contribution is 0.0983. The molecule has 0 saturated carbocycles. The third-order valence-electron chi connectivity index (χ3n) is 6.80. The summed E-state index contributed by atoms with van der Waals surface area (Å²) in [4.78, 5) is 27.4. The first-order valence-electron chi connectivity index (χ1n) is 13.1. The van der Waals surface area contributed by atoms with Crippen LogP contribution in [-0.2, 0) is 9.47 Å². The summed E-state index contributed by atoms with van der Waals surface area (Å²) in [5.41, 5.74) is 2.22. The van der Waals surface area contributed by atoms with E-state index in [1.807, 2.05) is 48.5 Å². The van der Waals surface area contributed by atoms with Crippen LogP contribution in [0.2, 0.25) is 10.0 Å². The molecule has 2 saturated heterocycles. The molecule has 0 unspecified atom stereocenters. The maximum absolute atomic E-state index is 11.9. The minimum Gasteiger partial charge on any atom is -0.453 e. The topological polar surface area (TPSA) is 83.1 Å². The van der Waals surface area contributed by atoms with Crippen LogP contribution in [0.4, 0.5) is 9.59 Å². The molecule has 0 aliphatic carbocycles. The largest absolute Gasteiger partial charge is 0.453 e. The summed E-state index contributed by atoms with van der Waals surface area (Å²) in [5.74, 6) is 0. The number of nitrogens with zero attached hydrogens (tertiary/aromatic N) is 2. The van der Waals surface area contributed by atoms with Crippen molar-refractivity contribution in [3.8, 4) is 0 Å². The number of carbonyl (C=O) groups is 2. The van der Waals surface area contributed by atoms with E-state index in [1.54, 1.807) is 9.80 Å². The van der Waals surface area contributed by atoms with E-state index in [-0.39, 0.29) is 24.3 Å². The molecule has 2 aromatic carbocycles. The molecule has 2 aromatic rings. The Morgan fingerprint density at radius 1 is 0.684 bits per heavy atom. The van der Waals surface area contributed by atoms with Gasteiger partial charge in [0.15, 0.2) is 0 Å². The monoisotopic (exact) mass is 564 g/mol. The number of methoxy groups -OCH3 is 2. The van der Waals surface area contributed by atoms with Gasteiger partial charge in [-0.3, -0.25) is 9.80 Å². The third-order valence-corrected chi connectivity index (χ3v) is 7.31. The van der Waals surface area contributed by atoms with Gasteiger partial charge in [0, 0.05) is 36.2 Å². The number of hydrogen-bond donors (Lipinski definition) is 2. The highest BCUT2D eigenvalue weighted by atomic mass is 35.5. The Morgan fingerprint density at radius 2 is 1.05 bits per heavy atom. The lowest BCUT2D eigenvalue weighted by Gasteiger charge is -2.33. The molecule has 2 fully saturated rings. The minimum atomic E-state index is -0.274. The number of benzene rings is 2. The summed E-state index contributed by atoms with van der Waals surface area (Å²) in [6.07, 6.45) is 3.35. The molecule has 0 radical (unpaired) electrons. The van der Waals surface area contributed by atoms with Crippen molar-refractivity contribution < 1.29 is 19.1 Å². The van der Waals surface area contributed by atoms with E-state index in [9.17, 15) is 9.59 Å². The number of halogens is 2. The second-order valence-electron chi connectivity index (χ2n) is 9.25. The predicted octanol–water partition coefficient (Wildman–Crippen LogP) is 5.67. The first kappa shape index (κ1) is 30.0. The Morgan fingerprint density at radius 3 is 1.39 bits per heavy atom. The fourth-order valence-corrected chi connectivity index (χ4v) is 5.10. The van der Waals surface area contributed by atoms with Crippen LogP contribution in [0.1, 0.15) is 48.9 Å². The normalized spacial score (nSPS) is 20.5. The van der Waals surface area contributed by atoms with Crippen LogP contribution < -0.4 is 10.6 Å². The molecular formula is C28H38Cl2N4O4. The Hall–Kier alpha value is -2.52. The number of hydrogen-bond acceptors (Lipinski definition) is 6. The fraction of sp³-hybridized carbons (Fsp3) is 0.500. The van der Waals surface area contributed by atoms with Gasteiger partial charge in [-0.1, -0.05) is 47.5 Å². The van der Waals surface area contributed by atoms with Gasteiger partial charge in [0.25, 0.3) is 0 Å². The zero-order chi connectivity index (χ0) is 27.3. The lowest BCUT2D eigenvalue weighted by Crippen LogP contribution is -2.41. The standard InChI is InChI=1S/2C14H19ClN2O2/c2*1-19-14(18)17-10-9-16-8-2-3-13(17)11-4-6-12(15)7-5-11/h2*4-7,13,16H,2-3,8-10H2,1H3/t2*13-/m10/s1. The third kappa shape index (κ3) is 8.76. The maximum Gasteiger partial charge on any atom is 0.410 e. The molecule has 8 nitrogen and oxygen atoms in total. The molecule has 0 aromatic heterocycles. The zero-order valence-corrected chi connectivity index (χ0v) is 23.6. The summed E-state index contributed by atoms with van der Waals surface area (Å²) >= 11 is 11.8. The van der Waals surface area contributed by atoms with Gasteiger partial charge in [-0.15, -0.1) is 0 Å². The van der Waals surface area contributed by atoms with E-state index in [4.69, 9.17) is 32.7 Å². The molecule has 4 rings (SSSR count). The van der Waals surface area contributed by atoms with E-state index in [2.05, 4.69) is 10.6 Å². The van der Waals surface area contributed by atoms with E-state index < -0.39 is 0 Å². The molecule has 2 N–H and O–H groups in total. The van der Waals surface area contributed by atoms with Crippen LogP contribution in [0.3, 0.4) is 0 Å². The van der Waals surface area contributed by atoms with Gasteiger partial charge < -0.3 is 20.1 Å². The van der Waals surface area contributed by atoms with Crippen molar-refractivity contribution in [1.82, 2.24) is 20.4 Å². The molecular weight excluding hydrogens is 527 g/mol. The summed E-state index contributed by atoms with van der Waals surface area (Å²) < 4.78 is 9.79. The number of amides is 2. The molecule has 38 heavy (non-hydrogen) atoms. The van der Waals surface area contributed by atoms with E-state index in [0.717, 1.165) is 63.0 Å². The Balaban J connectivity index is 0.000000211. The molecule has 2 atom stereocenters. The maximum atomic E-state index is 11.9. The summed E-state index contributed by atoms with van der Waals surface area (Å²) in [6, 6.07) is 15.5. The predicted molar refractivity (Wildman–Crippen MR) is 151 cm³/mol. The van der Waals surface area contributed by atoms with Crippen molar-refractivity contribution in [2.45, 2.75) is 37.8 Å². The number of rotatable bonds is 2. The van der Waals surface area contributed by atoms with Crippen LogP contribution in [0.25, 0.3) is 0 Å². The van der Waals surface area contributed by atoms with Crippen LogP contribution in [0, 0.1) is 0 Å². The molecule has 2 amide bonds. The van der Waals surface area contributed by atoms with E-state index >= 15 is 0 Å². The first-order valence-corrected chi connectivity index (χ1v) is 13.8. The van der Waals surface area contributed by atoms with Crippen LogP contribution >= 0.6 is 23.2 Å². The highest BCUT2D eigenvalue weighted by Gasteiger charge is 2.27. The SMILES string of the molecule is COC(=O)N1CCNCCC[C@@H]1c1ccc(Cl)cc1.COC(=O)N1CCNCCC[C@H]1c1ccc(Cl)cc1.